The molecule has 128 valence electrons. The molecule has 4 heteroatoms. The summed E-state index contributed by atoms with van der Waals surface area (Å²) in [5.41, 5.74) is 1.77. The van der Waals surface area contributed by atoms with Crippen molar-refractivity contribution in [3.05, 3.63) is 47.7 Å². The molecule has 1 heterocycles. The lowest BCUT2D eigenvalue weighted by Gasteiger charge is -2.31. The summed E-state index contributed by atoms with van der Waals surface area (Å²) in [4.78, 5) is 14.8. The van der Waals surface area contributed by atoms with Crippen LogP contribution in [0.1, 0.15) is 37.0 Å². The van der Waals surface area contributed by atoms with Gasteiger partial charge in [0.15, 0.2) is 17.3 Å². The van der Waals surface area contributed by atoms with Crippen molar-refractivity contribution in [1.82, 2.24) is 4.90 Å². The van der Waals surface area contributed by atoms with Crippen molar-refractivity contribution in [1.29, 1.82) is 0 Å². The molecule has 0 saturated heterocycles. The van der Waals surface area contributed by atoms with Crippen LogP contribution in [0.4, 0.5) is 0 Å². The Hall–Kier alpha value is -2.23. The molecule has 1 aromatic carbocycles. The fourth-order valence-electron chi connectivity index (χ4n) is 2.85. The van der Waals surface area contributed by atoms with Crippen LogP contribution in [0, 0.1) is 5.92 Å². The Kier molecular flexibility index (Phi) is 4.93. The van der Waals surface area contributed by atoms with E-state index in [1.165, 1.54) is 12.8 Å². The van der Waals surface area contributed by atoms with Gasteiger partial charge < -0.3 is 14.4 Å². The van der Waals surface area contributed by atoms with E-state index < -0.39 is 0 Å². The highest BCUT2D eigenvalue weighted by Gasteiger charge is 2.23. The van der Waals surface area contributed by atoms with Gasteiger partial charge in [0.25, 0.3) is 0 Å². The van der Waals surface area contributed by atoms with Crippen molar-refractivity contribution in [2.75, 3.05) is 20.3 Å². The molecule has 0 spiro atoms. The predicted molar refractivity (Wildman–Crippen MR) is 94.6 cm³/mol. The summed E-state index contributed by atoms with van der Waals surface area (Å²) < 4.78 is 11.2. The Bertz CT molecular complexity index is 673. The SMILES string of the molecule is COc1ccc(C(=O)CN2C(C)=CC=CC2C)cc1OCC1CC1. The van der Waals surface area contributed by atoms with Crippen LogP contribution in [0.5, 0.6) is 11.5 Å². The molecule has 0 amide bonds. The van der Waals surface area contributed by atoms with Crippen LogP contribution < -0.4 is 9.47 Å². The minimum atomic E-state index is 0.0869. The summed E-state index contributed by atoms with van der Waals surface area (Å²) in [5.74, 6) is 2.08. The highest BCUT2D eigenvalue weighted by Crippen LogP contribution is 2.33. The first-order valence-electron chi connectivity index (χ1n) is 8.54. The van der Waals surface area contributed by atoms with Crippen LogP contribution in [0.25, 0.3) is 0 Å². The van der Waals surface area contributed by atoms with Crippen LogP contribution in [0.2, 0.25) is 0 Å². The van der Waals surface area contributed by atoms with Crippen LogP contribution in [0.15, 0.2) is 42.1 Å². The molecule has 1 atom stereocenters. The van der Waals surface area contributed by atoms with Gasteiger partial charge in [-0.15, -0.1) is 0 Å². The highest BCUT2D eigenvalue weighted by atomic mass is 16.5. The second-order valence-corrected chi connectivity index (χ2v) is 6.60. The van der Waals surface area contributed by atoms with Gasteiger partial charge in [-0.1, -0.05) is 12.2 Å². The van der Waals surface area contributed by atoms with Gasteiger partial charge in [-0.3, -0.25) is 4.79 Å². The molecule has 0 bridgehead atoms. The molecule has 3 rings (SSSR count). The van der Waals surface area contributed by atoms with Crippen LogP contribution >= 0.6 is 0 Å². The number of carbonyl (C=O) groups excluding carboxylic acids is 1. The van der Waals surface area contributed by atoms with E-state index >= 15 is 0 Å². The number of nitrogens with zero attached hydrogens (tertiary/aromatic N) is 1. The maximum atomic E-state index is 12.7. The maximum absolute atomic E-state index is 12.7. The van der Waals surface area contributed by atoms with E-state index in [0.717, 1.165) is 5.70 Å². The maximum Gasteiger partial charge on any atom is 0.182 e. The number of hydrogen-bond donors (Lipinski definition) is 0. The van der Waals surface area contributed by atoms with Crippen molar-refractivity contribution in [3.63, 3.8) is 0 Å². The zero-order valence-electron chi connectivity index (χ0n) is 14.6. The number of rotatable bonds is 7. The van der Waals surface area contributed by atoms with Crippen molar-refractivity contribution in [2.24, 2.45) is 5.92 Å². The van der Waals surface area contributed by atoms with E-state index in [0.29, 0.717) is 36.1 Å². The molecule has 2 aliphatic rings. The molecular formula is C20H25NO3. The number of methoxy groups -OCH3 is 1. The second kappa shape index (κ2) is 7.12. The lowest BCUT2D eigenvalue weighted by Crippen LogP contribution is -2.36. The molecule has 0 N–H and O–H groups in total. The van der Waals surface area contributed by atoms with Crippen molar-refractivity contribution in [3.8, 4) is 11.5 Å². The van der Waals surface area contributed by atoms with Gasteiger partial charge in [0.05, 0.1) is 20.3 Å². The Morgan fingerprint density at radius 2 is 2.08 bits per heavy atom. The van der Waals surface area contributed by atoms with E-state index in [-0.39, 0.29) is 11.8 Å². The molecule has 0 radical (unpaired) electrons. The second-order valence-electron chi connectivity index (χ2n) is 6.60. The number of ketones is 1. The predicted octanol–water partition coefficient (Wildman–Crippen LogP) is 3.83. The fraction of sp³-hybridized carbons (Fsp3) is 0.450. The minimum absolute atomic E-state index is 0.0869. The molecule has 1 aromatic rings. The molecular weight excluding hydrogens is 302 g/mol. The van der Waals surface area contributed by atoms with E-state index in [4.69, 9.17) is 9.47 Å². The molecule has 1 fully saturated rings. The van der Waals surface area contributed by atoms with Gasteiger partial charge in [0.1, 0.15) is 0 Å². The van der Waals surface area contributed by atoms with Gasteiger partial charge in [-0.05, 0) is 56.9 Å². The van der Waals surface area contributed by atoms with Crippen LogP contribution in [-0.2, 0) is 0 Å². The van der Waals surface area contributed by atoms with E-state index in [1.54, 1.807) is 7.11 Å². The number of carbonyl (C=O) groups is 1. The Morgan fingerprint density at radius 1 is 1.29 bits per heavy atom. The zero-order chi connectivity index (χ0) is 17.1. The smallest absolute Gasteiger partial charge is 0.182 e. The molecule has 1 aliphatic heterocycles. The monoisotopic (exact) mass is 327 g/mol. The average Bonchev–Trinajstić information content (AvgIpc) is 3.40. The summed E-state index contributed by atoms with van der Waals surface area (Å²) in [6.45, 7) is 5.19. The number of ether oxygens (including phenoxy) is 2. The van der Waals surface area contributed by atoms with Gasteiger partial charge >= 0.3 is 0 Å². The molecule has 0 aromatic heterocycles. The standard InChI is InChI=1S/C20H25NO3/c1-14-5-4-6-15(2)21(14)12-18(22)17-9-10-19(23-3)20(11-17)24-13-16-7-8-16/h4-6,9-11,14,16H,7-8,12-13H2,1-3H3. The summed E-state index contributed by atoms with van der Waals surface area (Å²) in [6, 6.07) is 5.67. The molecule has 1 saturated carbocycles. The largest absolute Gasteiger partial charge is 0.493 e. The molecule has 1 unspecified atom stereocenters. The number of benzene rings is 1. The minimum Gasteiger partial charge on any atom is -0.493 e. The van der Waals surface area contributed by atoms with Gasteiger partial charge in [-0.2, -0.15) is 0 Å². The quantitative estimate of drug-likeness (QED) is 0.714. The van der Waals surface area contributed by atoms with E-state index in [1.807, 2.05) is 37.3 Å². The van der Waals surface area contributed by atoms with Crippen molar-refractivity contribution in [2.45, 2.75) is 32.7 Å². The average molecular weight is 327 g/mol. The third-order valence-corrected chi connectivity index (χ3v) is 4.64. The first kappa shape index (κ1) is 16.6. The third kappa shape index (κ3) is 3.81. The van der Waals surface area contributed by atoms with Crippen molar-refractivity contribution >= 4 is 5.78 Å². The summed E-state index contributed by atoms with van der Waals surface area (Å²) in [7, 11) is 1.62. The zero-order valence-corrected chi connectivity index (χ0v) is 14.6. The van der Waals surface area contributed by atoms with Gasteiger partial charge in [0.2, 0.25) is 0 Å². The molecule has 24 heavy (non-hydrogen) atoms. The number of hydrogen-bond acceptors (Lipinski definition) is 4. The summed E-state index contributed by atoms with van der Waals surface area (Å²) in [5, 5.41) is 0. The lowest BCUT2D eigenvalue weighted by atomic mass is 10.1. The van der Waals surface area contributed by atoms with Crippen molar-refractivity contribution < 1.29 is 14.3 Å². The third-order valence-electron chi connectivity index (χ3n) is 4.64. The highest BCUT2D eigenvalue weighted by molar-refractivity contribution is 5.98. The van der Waals surface area contributed by atoms with Crippen LogP contribution in [-0.4, -0.2) is 37.0 Å². The number of allylic oxidation sites excluding steroid dienone is 3. The van der Waals surface area contributed by atoms with Gasteiger partial charge in [-0.25, -0.2) is 0 Å². The van der Waals surface area contributed by atoms with E-state index in [2.05, 4.69) is 17.9 Å². The Balaban J connectivity index is 1.72. The first-order chi connectivity index (χ1) is 11.6. The Morgan fingerprint density at radius 3 is 2.75 bits per heavy atom. The fourth-order valence-corrected chi connectivity index (χ4v) is 2.85. The number of Topliss-reactive ketones (excluding diaryl/α,β-unsaturated/α-hetero) is 1. The summed E-state index contributed by atoms with van der Waals surface area (Å²) >= 11 is 0. The lowest BCUT2D eigenvalue weighted by molar-refractivity contribution is 0.0938. The molecule has 1 aliphatic carbocycles. The topological polar surface area (TPSA) is 38.8 Å². The van der Waals surface area contributed by atoms with Gasteiger partial charge in [0, 0.05) is 17.3 Å². The Labute approximate surface area is 143 Å². The normalized spacial score (nSPS) is 19.9. The van der Waals surface area contributed by atoms with Crippen LogP contribution in [0.3, 0.4) is 0 Å². The van der Waals surface area contributed by atoms with E-state index in [9.17, 15) is 4.79 Å². The summed E-state index contributed by atoms with van der Waals surface area (Å²) in [6.07, 6.45) is 8.63. The first-order valence-corrected chi connectivity index (χ1v) is 8.54. The molecule has 4 nitrogen and oxygen atoms in total.